The van der Waals surface area contributed by atoms with Crippen molar-refractivity contribution in [2.45, 2.75) is 0 Å². The summed E-state index contributed by atoms with van der Waals surface area (Å²) < 4.78 is 0. The highest BCUT2D eigenvalue weighted by atomic mass is 35.5. The van der Waals surface area contributed by atoms with E-state index < -0.39 is 5.91 Å². The molecule has 0 unspecified atom stereocenters. The first-order valence-electron chi connectivity index (χ1n) is 6.43. The van der Waals surface area contributed by atoms with E-state index >= 15 is 0 Å². The van der Waals surface area contributed by atoms with Gasteiger partial charge < -0.3 is 10.3 Å². The van der Waals surface area contributed by atoms with E-state index in [9.17, 15) is 9.59 Å². The molecule has 0 saturated carbocycles. The largest absolute Gasteiger partial charge is 0.360 e. The predicted molar refractivity (Wildman–Crippen MR) is 89.0 cm³/mol. The quantitative estimate of drug-likeness (QED) is 0.742. The molecule has 3 aromatic rings. The number of aromatic nitrogens is 1. The lowest BCUT2D eigenvalue weighted by atomic mass is 10.1. The van der Waals surface area contributed by atoms with Gasteiger partial charge in [-0.2, -0.15) is 0 Å². The first-order valence-corrected chi connectivity index (χ1v) is 7.19. The number of amides is 1. The van der Waals surface area contributed by atoms with E-state index in [-0.39, 0.29) is 16.0 Å². The number of pyridine rings is 1. The lowest BCUT2D eigenvalue weighted by Crippen LogP contribution is -2.22. The SMILES string of the molecule is O=C(Nc1cccc(Cl)c1Cl)c1c[nH]c2ccccc2c1=O. The minimum atomic E-state index is -0.545. The van der Waals surface area contributed by atoms with Crippen molar-refractivity contribution in [2.75, 3.05) is 5.32 Å². The molecule has 0 aliphatic rings. The fraction of sp³-hybridized carbons (Fsp3) is 0. The van der Waals surface area contributed by atoms with Crippen LogP contribution in [0.2, 0.25) is 10.0 Å². The molecule has 0 fully saturated rings. The Morgan fingerprint density at radius 3 is 2.64 bits per heavy atom. The summed E-state index contributed by atoms with van der Waals surface area (Å²) in [5, 5.41) is 3.61. The molecule has 0 spiro atoms. The second-order valence-corrected chi connectivity index (χ2v) is 5.42. The summed E-state index contributed by atoms with van der Waals surface area (Å²) in [6.07, 6.45) is 1.39. The zero-order valence-corrected chi connectivity index (χ0v) is 12.7. The molecule has 2 aromatic carbocycles. The van der Waals surface area contributed by atoms with Crippen LogP contribution in [-0.4, -0.2) is 10.9 Å². The van der Waals surface area contributed by atoms with Crippen LogP contribution in [0.1, 0.15) is 10.4 Å². The molecule has 0 atom stereocenters. The highest BCUT2D eigenvalue weighted by Crippen LogP contribution is 2.29. The Morgan fingerprint density at radius 2 is 1.82 bits per heavy atom. The fourth-order valence-electron chi connectivity index (χ4n) is 2.13. The van der Waals surface area contributed by atoms with E-state index in [1.54, 1.807) is 36.4 Å². The molecule has 0 saturated heterocycles. The van der Waals surface area contributed by atoms with Gasteiger partial charge in [0, 0.05) is 17.1 Å². The summed E-state index contributed by atoms with van der Waals surface area (Å²) in [5.41, 5.74) is 0.691. The molecule has 0 aliphatic heterocycles. The maximum Gasteiger partial charge on any atom is 0.261 e. The Bertz CT molecular complexity index is 935. The van der Waals surface area contributed by atoms with Crippen LogP contribution >= 0.6 is 23.2 Å². The van der Waals surface area contributed by atoms with Crippen LogP contribution in [0.4, 0.5) is 5.69 Å². The van der Waals surface area contributed by atoms with E-state index in [0.717, 1.165) is 0 Å². The number of carbonyl (C=O) groups excluding carboxylic acids is 1. The number of aromatic amines is 1. The molecular weight excluding hydrogens is 323 g/mol. The monoisotopic (exact) mass is 332 g/mol. The van der Waals surface area contributed by atoms with Gasteiger partial charge in [0.25, 0.3) is 5.91 Å². The number of anilines is 1. The molecule has 22 heavy (non-hydrogen) atoms. The van der Waals surface area contributed by atoms with Crippen LogP contribution in [0.3, 0.4) is 0 Å². The molecule has 4 nitrogen and oxygen atoms in total. The lowest BCUT2D eigenvalue weighted by Gasteiger charge is -2.08. The first kappa shape index (κ1) is 14.6. The van der Waals surface area contributed by atoms with Gasteiger partial charge in [0.15, 0.2) is 0 Å². The summed E-state index contributed by atoms with van der Waals surface area (Å²) in [6.45, 7) is 0. The van der Waals surface area contributed by atoms with Crippen molar-refractivity contribution < 1.29 is 4.79 Å². The number of hydrogen-bond donors (Lipinski definition) is 2. The second kappa shape index (κ2) is 5.83. The molecule has 110 valence electrons. The molecule has 6 heteroatoms. The molecule has 2 N–H and O–H groups in total. The molecule has 0 radical (unpaired) electrons. The number of para-hydroxylation sites is 1. The van der Waals surface area contributed by atoms with E-state index in [1.807, 2.05) is 6.07 Å². The molecule has 3 rings (SSSR count). The zero-order valence-electron chi connectivity index (χ0n) is 11.2. The van der Waals surface area contributed by atoms with Crippen molar-refractivity contribution in [2.24, 2.45) is 0 Å². The maximum absolute atomic E-state index is 12.4. The summed E-state index contributed by atoms with van der Waals surface area (Å²) >= 11 is 11.9. The molecule has 1 aromatic heterocycles. The maximum atomic E-state index is 12.4. The highest BCUT2D eigenvalue weighted by molar-refractivity contribution is 6.44. The fourth-order valence-corrected chi connectivity index (χ4v) is 2.47. The van der Waals surface area contributed by atoms with Crippen molar-refractivity contribution in [1.29, 1.82) is 0 Å². The lowest BCUT2D eigenvalue weighted by molar-refractivity contribution is 0.102. The van der Waals surface area contributed by atoms with Gasteiger partial charge in [-0.15, -0.1) is 0 Å². The van der Waals surface area contributed by atoms with Crippen LogP contribution in [0.5, 0.6) is 0 Å². The average molecular weight is 333 g/mol. The minimum absolute atomic E-state index is 0.00902. The third kappa shape index (κ3) is 2.58. The van der Waals surface area contributed by atoms with E-state index in [2.05, 4.69) is 10.3 Å². The first-order chi connectivity index (χ1) is 10.6. The number of fused-ring (bicyclic) bond motifs is 1. The van der Waals surface area contributed by atoms with Crippen molar-refractivity contribution in [3.8, 4) is 0 Å². The van der Waals surface area contributed by atoms with Crippen molar-refractivity contribution >= 4 is 45.7 Å². The molecule has 0 bridgehead atoms. The highest BCUT2D eigenvalue weighted by Gasteiger charge is 2.15. The predicted octanol–water partition coefficient (Wildman–Crippen LogP) is 4.09. The van der Waals surface area contributed by atoms with Crippen molar-refractivity contribution in [1.82, 2.24) is 4.98 Å². The Hall–Kier alpha value is -2.30. The molecule has 1 amide bonds. The average Bonchev–Trinajstić information content (AvgIpc) is 2.52. The number of rotatable bonds is 2. The Kier molecular flexibility index (Phi) is 3.88. The van der Waals surface area contributed by atoms with Crippen LogP contribution in [0.15, 0.2) is 53.5 Å². The molecule has 1 heterocycles. The number of nitrogens with one attached hydrogen (secondary N) is 2. The van der Waals surface area contributed by atoms with Gasteiger partial charge in [-0.1, -0.05) is 41.4 Å². The summed E-state index contributed by atoms with van der Waals surface area (Å²) in [7, 11) is 0. The van der Waals surface area contributed by atoms with E-state index in [4.69, 9.17) is 23.2 Å². The molecule has 0 aliphatic carbocycles. The van der Waals surface area contributed by atoms with Gasteiger partial charge in [-0.25, -0.2) is 0 Å². The number of benzene rings is 2. The number of carbonyl (C=O) groups is 1. The number of halogens is 2. The number of H-pyrrole nitrogens is 1. The third-order valence-corrected chi connectivity index (χ3v) is 4.05. The smallest absolute Gasteiger partial charge is 0.261 e. The van der Waals surface area contributed by atoms with Crippen molar-refractivity contribution in [3.05, 3.63) is 74.5 Å². The van der Waals surface area contributed by atoms with E-state index in [0.29, 0.717) is 21.6 Å². The van der Waals surface area contributed by atoms with Gasteiger partial charge in [-0.05, 0) is 24.3 Å². The minimum Gasteiger partial charge on any atom is -0.360 e. The van der Waals surface area contributed by atoms with Crippen LogP contribution in [-0.2, 0) is 0 Å². The second-order valence-electron chi connectivity index (χ2n) is 4.63. The van der Waals surface area contributed by atoms with Crippen LogP contribution in [0.25, 0.3) is 10.9 Å². The normalized spacial score (nSPS) is 10.6. The topological polar surface area (TPSA) is 62.0 Å². The standard InChI is InChI=1S/C16H10Cl2N2O2/c17-11-5-3-7-13(14(11)18)20-16(22)10-8-19-12-6-2-1-4-9(12)15(10)21/h1-8H,(H,19,21)(H,20,22). The Labute approximate surface area is 135 Å². The van der Waals surface area contributed by atoms with Gasteiger partial charge in [0.05, 0.1) is 15.7 Å². The van der Waals surface area contributed by atoms with Gasteiger partial charge >= 0.3 is 0 Å². The van der Waals surface area contributed by atoms with Gasteiger partial charge in [0.1, 0.15) is 5.56 Å². The van der Waals surface area contributed by atoms with Crippen molar-refractivity contribution in [3.63, 3.8) is 0 Å². The molecular formula is C16H10Cl2N2O2. The van der Waals surface area contributed by atoms with Crippen LogP contribution < -0.4 is 10.7 Å². The summed E-state index contributed by atoms with van der Waals surface area (Å²) in [6, 6.07) is 11.9. The summed E-state index contributed by atoms with van der Waals surface area (Å²) in [5.74, 6) is -0.545. The summed E-state index contributed by atoms with van der Waals surface area (Å²) in [4.78, 5) is 27.6. The zero-order chi connectivity index (χ0) is 15.7. The van der Waals surface area contributed by atoms with Gasteiger partial charge in [0.2, 0.25) is 5.43 Å². The Balaban J connectivity index is 2.01. The third-order valence-electron chi connectivity index (χ3n) is 3.23. The van der Waals surface area contributed by atoms with E-state index in [1.165, 1.54) is 6.20 Å². The van der Waals surface area contributed by atoms with Gasteiger partial charge in [-0.3, -0.25) is 9.59 Å². The Morgan fingerprint density at radius 1 is 1.05 bits per heavy atom. The number of hydrogen-bond acceptors (Lipinski definition) is 2. The van der Waals surface area contributed by atoms with Crippen LogP contribution in [0, 0.1) is 0 Å².